The molecule has 8 heteroatoms. The highest BCUT2D eigenvalue weighted by Crippen LogP contribution is 2.33. The molecule has 0 saturated carbocycles. The van der Waals surface area contributed by atoms with Crippen molar-refractivity contribution in [3.63, 3.8) is 0 Å². The summed E-state index contributed by atoms with van der Waals surface area (Å²) in [5, 5.41) is 0. The Morgan fingerprint density at radius 3 is 2.20 bits per heavy atom. The van der Waals surface area contributed by atoms with Crippen molar-refractivity contribution >= 4 is 29.4 Å². The minimum atomic E-state index is -1.05. The van der Waals surface area contributed by atoms with Gasteiger partial charge in [0.2, 0.25) is 5.91 Å². The predicted molar refractivity (Wildman–Crippen MR) is 126 cm³/mol. The Morgan fingerprint density at radius 2 is 1.60 bits per heavy atom. The third kappa shape index (κ3) is 4.96. The largest absolute Gasteiger partial charge is 0.427 e. The van der Waals surface area contributed by atoms with Gasteiger partial charge in [-0.1, -0.05) is 30.3 Å². The van der Waals surface area contributed by atoms with Crippen LogP contribution in [0.2, 0.25) is 0 Å². The van der Waals surface area contributed by atoms with Crippen LogP contribution in [0.3, 0.4) is 0 Å². The van der Waals surface area contributed by atoms with Crippen molar-refractivity contribution in [1.82, 2.24) is 4.90 Å². The maximum Gasteiger partial charge on any atom is 0.308 e. The molecule has 2 unspecified atom stereocenters. The van der Waals surface area contributed by atoms with Gasteiger partial charge in [-0.05, 0) is 61.0 Å². The third-order valence-electron chi connectivity index (χ3n) is 5.84. The van der Waals surface area contributed by atoms with Gasteiger partial charge in [0.15, 0.2) is 0 Å². The molecule has 1 heterocycles. The van der Waals surface area contributed by atoms with E-state index in [9.17, 15) is 23.6 Å². The van der Waals surface area contributed by atoms with Gasteiger partial charge in [0.05, 0.1) is 18.2 Å². The second-order valence-corrected chi connectivity index (χ2v) is 8.18. The Morgan fingerprint density at radius 1 is 0.971 bits per heavy atom. The van der Waals surface area contributed by atoms with Crippen LogP contribution in [0, 0.1) is 5.82 Å². The zero-order chi connectivity index (χ0) is 25.1. The van der Waals surface area contributed by atoms with E-state index in [1.165, 1.54) is 60.4 Å². The SMILES string of the molecule is CC(=O)Oc1ccc(N2C(=O)CC(N(C(=O)c3ccc(F)cc3)C(C)c3ccccc3)C2=O)cc1. The summed E-state index contributed by atoms with van der Waals surface area (Å²) in [5.74, 6) is -2.19. The monoisotopic (exact) mass is 474 g/mol. The number of nitrogens with zero attached hydrogens (tertiary/aromatic N) is 2. The van der Waals surface area contributed by atoms with E-state index in [4.69, 9.17) is 4.74 Å². The number of carbonyl (C=O) groups excluding carboxylic acids is 4. The van der Waals surface area contributed by atoms with E-state index in [0.29, 0.717) is 5.69 Å². The molecule has 1 aliphatic heterocycles. The summed E-state index contributed by atoms with van der Waals surface area (Å²) in [5.41, 5.74) is 1.30. The van der Waals surface area contributed by atoms with E-state index in [0.717, 1.165) is 10.5 Å². The second kappa shape index (κ2) is 9.89. The number of hydrogen-bond donors (Lipinski definition) is 0. The van der Waals surface area contributed by atoms with Gasteiger partial charge in [-0.2, -0.15) is 0 Å². The van der Waals surface area contributed by atoms with E-state index in [2.05, 4.69) is 0 Å². The second-order valence-electron chi connectivity index (χ2n) is 8.18. The number of rotatable bonds is 6. The fraction of sp³-hybridized carbons (Fsp3) is 0.185. The summed E-state index contributed by atoms with van der Waals surface area (Å²) in [6.45, 7) is 3.05. The first-order valence-corrected chi connectivity index (χ1v) is 11.0. The van der Waals surface area contributed by atoms with Crippen molar-refractivity contribution in [3.05, 3.63) is 95.8 Å². The first-order chi connectivity index (χ1) is 16.8. The van der Waals surface area contributed by atoms with E-state index < -0.39 is 41.6 Å². The van der Waals surface area contributed by atoms with E-state index in [-0.39, 0.29) is 17.7 Å². The topological polar surface area (TPSA) is 84.0 Å². The highest BCUT2D eigenvalue weighted by molar-refractivity contribution is 6.23. The maximum absolute atomic E-state index is 13.6. The van der Waals surface area contributed by atoms with Gasteiger partial charge in [-0.15, -0.1) is 0 Å². The minimum Gasteiger partial charge on any atom is -0.427 e. The fourth-order valence-corrected chi connectivity index (χ4v) is 4.15. The molecule has 3 aromatic carbocycles. The molecule has 7 nitrogen and oxygen atoms in total. The molecule has 1 fully saturated rings. The predicted octanol–water partition coefficient (Wildman–Crippen LogP) is 4.29. The van der Waals surface area contributed by atoms with Gasteiger partial charge in [0.1, 0.15) is 17.6 Å². The zero-order valence-corrected chi connectivity index (χ0v) is 19.2. The highest BCUT2D eigenvalue weighted by atomic mass is 19.1. The number of benzene rings is 3. The molecular weight excluding hydrogens is 451 g/mol. The van der Waals surface area contributed by atoms with Gasteiger partial charge in [0.25, 0.3) is 11.8 Å². The van der Waals surface area contributed by atoms with Crippen molar-refractivity contribution in [1.29, 1.82) is 0 Å². The standard InChI is InChI=1S/C27H23FN2O5/c1-17(19-6-4-3-5-7-19)29(26(33)20-8-10-21(28)11-9-20)24-16-25(32)30(27(24)34)22-12-14-23(15-13-22)35-18(2)31/h3-15,17,24H,16H2,1-2H3. The third-order valence-corrected chi connectivity index (χ3v) is 5.84. The first kappa shape index (κ1) is 23.8. The van der Waals surface area contributed by atoms with Gasteiger partial charge in [-0.25, -0.2) is 9.29 Å². The van der Waals surface area contributed by atoms with Crippen molar-refractivity contribution in [2.24, 2.45) is 0 Å². The average Bonchev–Trinajstić information content (AvgIpc) is 3.13. The lowest BCUT2D eigenvalue weighted by Crippen LogP contribution is -2.46. The smallest absolute Gasteiger partial charge is 0.308 e. The molecule has 3 aromatic rings. The molecular formula is C27H23FN2O5. The van der Waals surface area contributed by atoms with Crippen molar-refractivity contribution in [2.75, 3.05) is 4.90 Å². The van der Waals surface area contributed by atoms with Gasteiger partial charge in [0, 0.05) is 12.5 Å². The summed E-state index contributed by atoms with van der Waals surface area (Å²) >= 11 is 0. The lowest BCUT2D eigenvalue weighted by molar-refractivity contribution is -0.132. The van der Waals surface area contributed by atoms with Crippen LogP contribution in [0.4, 0.5) is 10.1 Å². The molecule has 4 rings (SSSR count). The Kier molecular flexibility index (Phi) is 6.73. The number of carbonyl (C=O) groups is 4. The number of imide groups is 1. The van der Waals surface area contributed by atoms with Crippen LogP contribution in [-0.4, -0.2) is 34.6 Å². The summed E-state index contributed by atoms with van der Waals surface area (Å²) in [4.78, 5) is 53.6. The van der Waals surface area contributed by atoms with Gasteiger partial charge >= 0.3 is 5.97 Å². The number of hydrogen-bond acceptors (Lipinski definition) is 5. The molecule has 0 bridgehead atoms. The van der Waals surface area contributed by atoms with Crippen molar-refractivity contribution in [3.8, 4) is 5.75 Å². The Balaban J connectivity index is 1.68. The van der Waals surface area contributed by atoms with Crippen LogP contribution in [0.5, 0.6) is 5.75 Å². The number of anilines is 1. The molecule has 1 saturated heterocycles. The number of esters is 1. The quantitative estimate of drug-likeness (QED) is 0.302. The van der Waals surface area contributed by atoms with Crippen LogP contribution in [0.1, 0.15) is 42.2 Å². The van der Waals surface area contributed by atoms with Crippen LogP contribution < -0.4 is 9.64 Å². The minimum absolute atomic E-state index is 0.200. The molecule has 0 radical (unpaired) electrons. The summed E-state index contributed by atoms with van der Waals surface area (Å²) in [6.07, 6.45) is -0.200. The zero-order valence-electron chi connectivity index (χ0n) is 19.2. The van der Waals surface area contributed by atoms with Crippen LogP contribution in [-0.2, 0) is 14.4 Å². The maximum atomic E-state index is 13.6. The lowest BCUT2D eigenvalue weighted by atomic mass is 10.0. The number of ether oxygens (including phenoxy) is 1. The van der Waals surface area contributed by atoms with E-state index in [1.807, 2.05) is 30.3 Å². The highest BCUT2D eigenvalue weighted by Gasteiger charge is 2.46. The Labute approximate surface area is 201 Å². The van der Waals surface area contributed by atoms with E-state index >= 15 is 0 Å². The molecule has 0 N–H and O–H groups in total. The molecule has 0 aliphatic carbocycles. The summed E-state index contributed by atoms with van der Waals surface area (Å²) in [7, 11) is 0. The Bertz CT molecular complexity index is 1260. The molecule has 0 spiro atoms. The normalized spacial score (nSPS) is 16.2. The van der Waals surface area contributed by atoms with Crippen molar-refractivity contribution in [2.45, 2.75) is 32.4 Å². The van der Waals surface area contributed by atoms with Crippen LogP contribution in [0.15, 0.2) is 78.9 Å². The fourth-order valence-electron chi connectivity index (χ4n) is 4.15. The molecule has 0 aromatic heterocycles. The lowest BCUT2D eigenvalue weighted by Gasteiger charge is -2.33. The number of amides is 3. The van der Waals surface area contributed by atoms with E-state index in [1.54, 1.807) is 6.92 Å². The molecule has 178 valence electrons. The van der Waals surface area contributed by atoms with Crippen LogP contribution >= 0.6 is 0 Å². The van der Waals surface area contributed by atoms with Crippen molar-refractivity contribution < 1.29 is 28.3 Å². The Hall–Kier alpha value is -4.33. The average molecular weight is 474 g/mol. The first-order valence-electron chi connectivity index (χ1n) is 11.0. The summed E-state index contributed by atoms with van der Waals surface area (Å²) < 4.78 is 18.5. The number of halogens is 1. The van der Waals surface area contributed by atoms with Crippen LogP contribution in [0.25, 0.3) is 0 Å². The molecule has 3 amide bonds. The molecule has 2 atom stereocenters. The molecule has 35 heavy (non-hydrogen) atoms. The van der Waals surface area contributed by atoms with Gasteiger partial charge in [-0.3, -0.25) is 19.2 Å². The molecule has 1 aliphatic rings. The summed E-state index contributed by atoms with van der Waals surface area (Å²) in [6, 6.07) is 18.6. The van der Waals surface area contributed by atoms with Gasteiger partial charge < -0.3 is 9.64 Å².